The highest BCUT2D eigenvalue weighted by molar-refractivity contribution is 9.10. The Morgan fingerprint density at radius 1 is 1.38 bits per heavy atom. The van der Waals surface area contributed by atoms with Crippen LogP contribution in [0.1, 0.15) is 31.9 Å². The Morgan fingerprint density at radius 3 is 2.54 bits per heavy atom. The lowest BCUT2D eigenvalue weighted by molar-refractivity contribution is 0.115. The van der Waals surface area contributed by atoms with Gasteiger partial charge in [-0.3, -0.25) is 0 Å². The number of hydrogen-bond donors (Lipinski definition) is 1. The van der Waals surface area contributed by atoms with Crippen molar-refractivity contribution < 1.29 is 5.11 Å². The van der Waals surface area contributed by atoms with E-state index >= 15 is 0 Å². The molecule has 1 aromatic rings. The number of aliphatic hydroxyl groups is 1. The molecule has 1 rings (SSSR count). The molecule has 0 fully saturated rings. The summed E-state index contributed by atoms with van der Waals surface area (Å²) in [4.78, 5) is 0. The van der Waals surface area contributed by atoms with Crippen LogP contribution in [0.5, 0.6) is 0 Å². The molecule has 2 heteroatoms. The first-order valence-electron chi connectivity index (χ1n) is 4.59. The van der Waals surface area contributed by atoms with E-state index in [-0.39, 0.29) is 6.10 Å². The third-order valence-corrected chi connectivity index (χ3v) is 3.13. The molecule has 13 heavy (non-hydrogen) atoms. The molecule has 0 aliphatic heterocycles. The molecule has 1 N–H and O–H groups in total. The fourth-order valence-corrected chi connectivity index (χ4v) is 1.76. The molecule has 0 saturated heterocycles. The summed E-state index contributed by atoms with van der Waals surface area (Å²) in [6.45, 7) is 4.15. The highest BCUT2D eigenvalue weighted by Crippen LogP contribution is 2.29. The van der Waals surface area contributed by atoms with Gasteiger partial charge in [0, 0.05) is 4.47 Å². The molecule has 2 unspecified atom stereocenters. The lowest BCUT2D eigenvalue weighted by Crippen LogP contribution is -2.08. The van der Waals surface area contributed by atoms with Crippen LogP contribution in [0.3, 0.4) is 0 Å². The smallest absolute Gasteiger partial charge is 0.0826 e. The summed E-state index contributed by atoms with van der Waals surface area (Å²) in [5.41, 5.74) is 0.983. The van der Waals surface area contributed by atoms with Gasteiger partial charge < -0.3 is 5.11 Å². The van der Waals surface area contributed by atoms with Gasteiger partial charge in [0.1, 0.15) is 0 Å². The quantitative estimate of drug-likeness (QED) is 0.860. The molecule has 0 saturated carbocycles. The molecule has 0 radical (unpaired) electrons. The average molecular weight is 243 g/mol. The molecular formula is C11H15BrO. The Balaban J connectivity index is 2.88. The highest BCUT2D eigenvalue weighted by Gasteiger charge is 2.16. The van der Waals surface area contributed by atoms with Gasteiger partial charge in [-0.05, 0) is 17.5 Å². The first-order valence-corrected chi connectivity index (χ1v) is 5.38. The maximum Gasteiger partial charge on any atom is 0.0826 e. The van der Waals surface area contributed by atoms with Crippen LogP contribution < -0.4 is 0 Å². The minimum atomic E-state index is -0.361. The molecule has 2 atom stereocenters. The number of benzene rings is 1. The topological polar surface area (TPSA) is 20.2 Å². The maximum absolute atomic E-state index is 9.94. The van der Waals surface area contributed by atoms with E-state index in [0.717, 1.165) is 16.5 Å². The van der Waals surface area contributed by atoms with Crippen molar-refractivity contribution in [1.82, 2.24) is 0 Å². The van der Waals surface area contributed by atoms with E-state index in [1.807, 2.05) is 24.3 Å². The number of hydrogen-bond acceptors (Lipinski definition) is 1. The van der Waals surface area contributed by atoms with Gasteiger partial charge in [-0.1, -0.05) is 54.4 Å². The van der Waals surface area contributed by atoms with Gasteiger partial charge in [-0.25, -0.2) is 0 Å². The third kappa shape index (κ3) is 2.55. The summed E-state index contributed by atoms with van der Waals surface area (Å²) in [6, 6.07) is 7.82. The van der Waals surface area contributed by atoms with Crippen LogP contribution in [0.2, 0.25) is 0 Å². The average Bonchev–Trinajstić information content (AvgIpc) is 2.16. The Morgan fingerprint density at radius 2 is 2.00 bits per heavy atom. The zero-order chi connectivity index (χ0) is 9.84. The third-order valence-electron chi connectivity index (χ3n) is 2.41. The van der Waals surface area contributed by atoms with Crippen molar-refractivity contribution in [2.45, 2.75) is 26.4 Å². The monoisotopic (exact) mass is 242 g/mol. The zero-order valence-corrected chi connectivity index (χ0v) is 9.58. The van der Waals surface area contributed by atoms with Gasteiger partial charge in [0.25, 0.3) is 0 Å². The van der Waals surface area contributed by atoms with Crippen LogP contribution in [0.15, 0.2) is 28.7 Å². The summed E-state index contributed by atoms with van der Waals surface area (Å²) < 4.78 is 0.989. The van der Waals surface area contributed by atoms with Gasteiger partial charge in [0.15, 0.2) is 0 Å². The lowest BCUT2D eigenvalue weighted by atomic mass is 9.95. The minimum Gasteiger partial charge on any atom is -0.388 e. The van der Waals surface area contributed by atoms with Crippen molar-refractivity contribution >= 4 is 15.9 Å². The predicted molar refractivity (Wildman–Crippen MR) is 58.6 cm³/mol. The molecular weight excluding hydrogens is 228 g/mol. The Labute approximate surface area is 87.9 Å². The van der Waals surface area contributed by atoms with Crippen LogP contribution in [0, 0.1) is 5.92 Å². The number of aliphatic hydroxyl groups excluding tert-OH is 1. The van der Waals surface area contributed by atoms with E-state index in [0.29, 0.717) is 5.92 Å². The van der Waals surface area contributed by atoms with Crippen molar-refractivity contribution in [3.8, 4) is 0 Å². The predicted octanol–water partition coefficient (Wildman–Crippen LogP) is 3.53. The Bertz CT molecular complexity index is 273. The molecule has 0 spiro atoms. The van der Waals surface area contributed by atoms with E-state index in [1.165, 1.54) is 0 Å². The molecule has 72 valence electrons. The second-order valence-corrected chi connectivity index (χ2v) is 4.21. The molecule has 1 aromatic carbocycles. The van der Waals surface area contributed by atoms with Gasteiger partial charge in [-0.2, -0.15) is 0 Å². The van der Waals surface area contributed by atoms with E-state index in [4.69, 9.17) is 0 Å². The second kappa shape index (κ2) is 4.77. The van der Waals surface area contributed by atoms with Crippen LogP contribution in [-0.2, 0) is 0 Å². The van der Waals surface area contributed by atoms with E-state index < -0.39 is 0 Å². The lowest BCUT2D eigenvalue weighted by Gasteiger charge is -2.18. The molecule has 0 heterocycles. The molecule has 1 nitrogen and oxygen atoms in total. The maximum atomic E-state index is 9.94. The van der Waals surface area contributed by atoms with Gasteiger partial charge in [-0.15, -0.1) is 0 Å². The van der Waals surface area contributed by atoms with Gasteiger partial charge >= 0.3 is 0 Å². The SMILES string of the molecule is CCC(C)C(O)c1ccccc1Br. The fraction of sp³-hybridized carbons (Fsp3) is 0.455. The van der Waals surface area contributed by atoms with Crippen LogP contribution in [-0.4, -0.2) is 5.11 Å². The highest BCUT2D eigenvalue weighted by atomic mass is 79.9. The van der Waals surface area contributed by atoms with Crippen molar-refractivity contribution in [2.24, 2.45) is 5.92 Å². The first kappa shape index (κ1) is 10.7. The normalized spacial score (nSPS) is 15.4. The summed E-state index contributed by atoms with van der Waals surface area (Å²) >= 11 is 3.43. The van der Waals surface area contributed by atoms with Crippen molar-refractivity contribution in [2.75, 3.05) is 0 Å². The first-order chi connectivity index (χ1) is 6.16. The number of halogens is 1. The molecule has 0 amide bonds. The van der Waals surface area contributed by atoms with E-state index in [2.05, 4.69) is 29.8 Å². The zero-order valence-electron chi connectivity index (χ0n) is 8.00. The van der Waals surface area contributed by atoms with Crippen molar-refractivity contribution in [1.29, 1.82) is 0 Å². The molecule has 0 aliphatic carbocycles. The summed E-state index contributed by atoms with van der Waals surface area (Å²) in [5.74, 6) is 0.304. The van der Waals surface area contributed by atoms with Crippen LogP contribution in [0.25, 0.3) is 0 Å². The largest absolute Gasteiger partial charge is 0.388 e. The van der Waals surface area contributed by atoms with Crippen molar-refractivity contribution in [3.63, 3.8) is 0 Å². The fourth-order valence-electron chi connectivity index (χ4n) is 1.24. The molecule has 0 aromatic heterocycles. The summed E-state index contributed by atoms with van der Waals surface area (Å²) in [5, 5.41) is 9.94. The van der Waals surface area contributed by atoms with Crippen LogP contribution in [0.4, 0.5) is 0 Å². The summed E-state index contributed by atoms with van der Waals surface area (Å²) in [7, 11) is 0. The van der Waals surface area contributed by atoms with E-state index in [1.54, 1.807) is 0 Å². The molecule has 0 bridgehead atoms. The Kier molecular flexibility index (Phi) is 3.94. The van der Waals surface area contributed by atoms with E-state index in [9.17, 15) is 5.11 Å². The number of rotatable bonds is 3. The second-order valence-electron chi connectivity index (χ2n) is 3.35. The minimum absolute atomic E-state index is 0.304. The van der Waals surface area contributed by atoms with Gasteiger partial charge in [0.05, 0.1) is 6.10 Å². The Hall–Kier alpha value is -0.340. The molecule has 0 aliphatic rings. The standard InChI is InChI=1S/C11H15BrO/c1-3-8(2)11(13)9-6-4-5-7-10(9)12/h4-8,11,13H,3H2,1-2H3. The van der Waals surface area contributed by atoms with Crippen LogP contribution >= 0.6 is 15.9 Å². The van der Waals surface area contributed by atoms with Gasteiger partial charge in [0.2, 0.25) is 0 Å². The summed E-state index contributed by atoms with van der Waals surface area (Å²) in [6.07, 6.45) is 0.628. The van der Waals surface area contributed by atoms with Crippen molar-refractivity contribution in [3.05, 3.63) is 34.3 Å².